The summed E-state index contributed by atoms with van der Waals surface area (Å²) in [7, 11) is 5.57. The molecule has 4 heterocycles. The van der Waals surface area contributed by atoms with E-state index in [0.717, 1.165) is 64.4 Å². The van der Waals surface area contributed by atoms with E-state index in [1.807, 2.05) is 26.2 Å². The molecular formula is C38H39N5O3. The highest BCUT2D eigenvalue weighted by molar-refractivity contribution is 6.02. The Morgan fingerprint density at radius 1 is 0.978 bits per heavy atom. The molecule has 2 aliphatic carbocycles. The fourth-order valence-corrected chi connectivity index (χ4v) is 8.55. The molecule has 0 N–H and O–H groups in total. The number of aromatic nitrogens is 3. The molecule has 2 aromatic heterocycles. The second-order valence-electron chi connectivity index (χ2n) is 14.1. The standard InChI is InChI=1S/C38H39N5O3/c1-21-26-10-11-30(21)43(20-26)38(45)28-14-29-36(34(17-28)46-4)41(3)37(39-29)33-16-25-8-7-24(15-32(25)42(33)19-22-5-6-22)23-9-12-31-27(13-23)18-35(44)40(31)2/h7-9,12-17,21-22,26,30H,5-6,10-11,18-20H2,1-4H3/t21-,26?,30?/m1/s1. The third-order valence-electron chi connectivity index (χ3n) is 11.4. The van der Waals surface area contributed by atoms with Gasteiger partial charge in [-0.05, 0) is 96.5 Å². The first-order valence-electron chi connectivity index (χ1n) is 16.7. The average Bonchev–Trinajstić information content (AvgIpc) is 3.26. The fourth-order valence-electron chi connectivity index (χ4n) is 8.55. The van der Waals surface area contributed by atoms with Crippen molar-refractivity contribution in [1.29, 1.82) is 0 Å². The third kappa shape index (κ3) is 4.08. The number of hydrogen-bond acceptors (Lipinski definition) is 4. The number of piperidine rings is 1. The molecule has 2 saturated carbocycles. The van der Waals surface area contributed by atoms with Crippen LogP contribution in [0.2, 0.25) is 0 Å². The van der Waals surface area contributed by atoms with Gasteiger partial charge in [0.2, 0.25) is 5.91 Å². The Kier molecular flexibility index (Phi) is 5.99. The SMILES string of the molecule is COc1cc(C(=O)N2CC3CCC2[C@@H]3C)cc2nc(-c3cc4ccc(-c5ccc6c(c5)CC(=O)N6C)cc4n3CC3CC3)n(C)c12. The Labute approximate surface area is 268 Å². The van der Waals surface area contributed by atoms with Crippen LogP contribution in [0.1, 0.15) is 48.5 Å². The summed E-state index contributed by atoms with van der Waals surface area (Å²) >= 11 is 0. The van der Waals surface area contributed by atoms with Crippen LogP contribution in [0.5, 0.6) is 5.75 Å². The number of amides is 2. The molecule has 2 unspecified atom stereocenters. The molecule has 3 fully saturated rings. The van der Waals surface area contributed by atoms with E-state index in [9.17, 15) is 9.59 Å². The average molecular weight is 614 g/mol. The number of likely N-dealkylation sites (N-methyl/N-ethyl adjacent to an activating group) is 1. The van der Waals surface area contributed by atoms with Crippen LogP contribution in [0.4, 0.5) is 5.69 Å². The van der Waals surface area contributed by atoms with Crippen molar-refractivity contribution in [2.75, 3.05) is 25.6 Å². The molecule has 0 spiro atoms. The Hall–Kier alpha value is -4.59. The predicted octanol–water partition coefficient (Wildman–Crippen LogP) is 6.67. The molecule has 3 atom stereocenters. The van der Waals surface area contributed by atoms with Gasteiger partial charge in [0.25, 0.3) is 5.91 Å². The first-order chi connectivity index (χ1) is 22.3. The number of carbonyl (C=O) groups excluding carboxylic acids is 2. The maximum Gasteiger partial charge on any atom is 0.254 e. The molecule has 46 heavy (non-hydrogen) atoms. The van der Waals surface area contributed by atoms with Crippen LogP contribution >= 0.6 is 0 Å². The predicted molar refractivity (Wildman–Crippen MR) is 180 cm³/mol. The fraction of sp³-hybridized carbons (Fsp3) is 0.395. The summed E-state index contributed by atoms with van der Waals surface area (Å²) in [6.45, 7) is 4.08. The largest absolute Gasteiger partial charge is 0.494 e. The van der Waals surface area contributed by atoms with Crippen molar-refractivity contribution in [2.45, 2.75) is 51.6 Å². The van der Waals surface area contributed by atoms with Crippen molar-refractivity contribution in [2.24, 2.45) is 24.8 Å². The van der Waals surface area contributed by atoms with Crippen LogP contribution in [0.3, 0.4) is 0 Å². The summed E-state index contributed by atoms with van der Waals surface area (Å²) in [6.07, 6.45) is 5.26. The first-order valence-corrected chi connectivity index (χ1v) is 16.7. The van der Waals surface area contributed by atoms with E-state index < -0.39 is 0 Å². The molecular weight excluding hydrogens is 574 g/mol. The summed E-state index contributed by atoms with van der Waals surface area (Å²) in [5, 5.41) is 1.17. The van der Waals surface area contributed by atoms with Crippen LogP contribution in [-0.2, 0) is 24.8 Å². The van der Waals surface area contributed by atoms with E-state index in [0.29, 0.717) is 41.5 Å². The number of fused-ring (bicyclic) bond motifs is 5. The van der Waals surface area contributed by atoms with Crippen LogP contribution in [0.15, 0.2) is 54.6 Å². The minimum Gasteiger partial charge on any atom is -0.494 e. The van der Waals surface area contributed by atoms with Gasteiger partial charge in [-0.1, -0.05) is 25.1 Å². The lowest BCUT2D eigenvalue weighted by atomic mass is 10.0. The zero-order valence-electron chi connectivity index (χ0n) is 26.9. The van der Waals surface area contributed by atoms with Gasteiger partial charge in [-0.2, -0.15) is 0 Å². The molecule has 1 saturated heterocycles. The number of aryl methyl sites for hydroxylation is 1. The van der Waals surface area contributed by atoms with Crippen LogP contribution < -0.4 is 9.64 Å². The van der Waals surface area contributed by atoms with E-state index in [4.69, 9.17) is 9.72 Å². The maximum atomic E-state index is 13.8. The van der Waals surface area contributed by atoms with Gasteiger partial charge in [-0.25, -0.2) is 4.98 Å². The zero-order chi connectivity index (χ0) is 31.4. The van der Waals surface area contributed by atoms with Crippen molar-refractivity contribution in [3.05, 3.63) is 65.7 Å². The highest BCUT2D eigenvalue weighted by Gasteiger charge is 2.46. The monoisotopic (exact) mass is 613 g/mol. The number of likely N-dealkylation sites (tertiary alicyclic amines) is 1. The number of rotatable bonds is 6. The van der Waals surface area contributed by atoms with E-state index in [1.54, 1.807) is 12.0 Å². The molecule has 3 aromatic carbocycles. The second kappa shape index (κ2) is 9.95. The third-order valence-corrected chi connectivity index (χ3v) is 11.4. The zero-order valence-corrected chi connectivity index (χ0v) is 26.9. The summed E-state index contributed by atoms with van der Waals surface area (Å²) in [6, 6.07) is 19.5. The van der Waals surface area contributed by atoms with Crippen molar-refractivity contribution in [1.82, 2.24) is 19.0 Å². The van der Waals surface area contributed by atoms with Crippen molar-refractivity contribution >= 4 is 39.4 Å². The number of nitrogens with zero attached hydrogens (tertiary/aromatic N) is 5. The lowest BCUT2D eigenvalue weighted by molar-refractivity contribution is -0.117. The van der Waals surface area contributed by atoms with Gasteiger partial charge in [-0.3, -0.25) is 9.59 Å². The van der Waals surface area contributed by atoms with Crippen molar-refractivity contribution in [3.63, 3.8) is 0 Å². The number of carbonyl (C=O) groups is 2. The van der Waals surface area contributed by atoms with Gasteiger partial charge >= 0.3 is 0 Å². The second-order valence-corrected chi connectivity index (χ2v) is 14.1. The molecule has 234 valence electrons. The van der Waals surface area contributed by atoms with Crippen LogP contribution in [0.25, 0.3) is 44.6 Å². The van der Waals surface area contributed by atoms with Crippen LogP contribution in [0, 0.1) is 17.8 Å². The lowest BCUT2D eigenvalue weighted by Gasteiger charge is -2.27. The van der Waals surface area contributed by atoms with E-state index in [-0.39, 0.29) is 11.8 Å². The first kappa shape index (κ1) is 27.7. The van der Waals surface area contributed by atoms with Crippen molar-refractivity contribution < 1.29 is 14.3 Å². The number of hydrogen-bond donors (Lipinski definition) is 0. The summed E-state index contributed by atoms with van der Waals surface area (Å²) in [5.74, 6) is 3.60. The molecule has 2 amide bonds. The highest BCUT2D eigenvalue weighted by Crippen LogP contribution is 2.44. The van der Waals surface area contributed by atoms with Crippen molar-refractivity contribution in [3.8, 4) is 28.4 Å². The number of ether oxygens (including phenoxy) is 1. The van der Waals surface area contributed by atoms with E-state index in [1.165, 1.54) is 30.2 Å². The van der Waals surface area contributed by atoms with Gasteiger partial charge in [-0.15, -0.1) is 0 Å². The molecule has 4 aliphatic rings. The number of anilines is 1. The maximum absolute atomic E-state index is 13.8. The van der Waals surface area contributed by atoms with Gasteiger partial charge in [0, 0.05) is 55.4 Å². The lowest BCUT2D eigenvalue weighted by Crippen LogP contribution is -2.38. The molecule has 8 heteroatoms. The summed E-state index contributed by atoms with van der Waals surface area (Å²) in [5.41, 5.74) is 8.91. The Morgan fingerprint density at radius 3 is 2.52 bits per heavy atom. The highest BCUT2D eigenvalue weighted by atomic mass is 16.5. The van der Waals surface area contributed by atoms with Crippen LogP contribution in [-0.4, -0.2) is 57.6 Å². The molecule has 0 radical (unpaired) electrons. The quantitative estimate of drug-likeness (QED) is 0.215. The number of methoxy groups -OCH3 is 1. The Bertz CT molecular complexity index is 2100. The van der Waals surface area contributed by atoms with E-state index in [2.05, 4.69) is 63.4 Å². The molecule has 5 aromatic rings. The molecule has 2 bridgehead atoms. The number of benzene rings is 3. The molecule has 8 nitrogen and oxygen atoms in total. The van der Waals surface area contributed by atoms with Gasteiger partial charge in [0.1, 0.15) is 11.3 Å². The Morgan fingerprint density at radius 2 is 1.78 bits per heavy atom. The van der Waals surface area contributed by atoms with E-state index >= 15 is 0 Å². The van der Waals surface area contributed by atoms with Gasteiger partial charge in [0.15, 0.2) is 5.82 Å². The molecule has 2 aliphatic heterocycles. The summed E-state index contributed by atoms with van der Waals surface area (Å²) < 4.78 is 10.5. The smallest absolute Gasteiger partial charge is 0.254 e. The topological polar surface area (TPSA) is 72.6 Å². The minimum absolute atomic E-state index is 0.0874. The normalized spacial score (nSPS) is 22.1. The van der Waals surface area contributed by atoms with Gasteiger partial charge < -0.3 is 23.7 Å². The number of imidazole rings is 1. The summed E-state index contributed by atoms with van der Waals surface area (Å²) in [4.78, 5) is 35.2. The Balaban J connectivity index is 1.14. The van der Waals surface area contributed by atoms with Gasteiger partial charge in [0.05, 0.1) is 24.7 Å². The minimum atomic E-state index is 0.0874. The molecule has 9 rings (SSSR count).